The number of likely N-dealkylation sites (tertiary alicyclic amines) is 1. The van der Waals surface area contributed by atoms with E-state index in [0.29, 0.717) is 13.0 Å². The Morgan fingerprint density at radius 1 is 1.15 bits per heavy atom. The van der Waals surface area contributed by atoms with Crippen LogP contribution in [0.4, 0.5) is 5.69 Å². The third kappa shape index (κ3) is 2.90. The van der Waals surface area contributed by atoms with Gasteiger partial charge in [0, 0.05) is 17.7 Å². The minimum atomic E-state index is 0.0601. The molecule has 4 heteroatoms. The summed E-state index contributed by atoms with van der Waals surface area (Å²) in [6, 6.07) is 5.63. The molecule has 0 aromatic heterocycles. The number of aryl methyl sites for hydroxylation is 1. The first kappa shape index (κ1) is 13.3. The van der Waals surface area contributed by atoms with Gasteiger partial charge in [-0.2, -0.15) is 0 Å². The maximum Gasteiger partial charge on any atom is 0.224 e. The van der Waals surface area contributed by atoms with Crippen LogP contribution in [0.15, 0.2) is 18.2 Å². The van der Waals surface area contributed by atoms with Crippen molar-refractivity contribution in [3.8, 4) is 0 Å². The van der Waals surface area contributed by atoms with Crippen LogP contribution in [0.25, 0.3) is 0 Å². The lowest BCUT2D eigenvalue weighted by atomic mass is 9.98. The Hall–Kier alpha value is -1.68. The summed E-state index contributed by atoms with van der Waals surface area (Å²) in [5.41, 5.74) is 2.70. The van der Waals surface area contributed by atoms with Crippen LogP contribution in [0.3, 0.4) is 0 Å². The van der Waals surface area contributed by atoms with E-state index in [2.05, 4.69) is 10.2 Å². The molecule has 0 atom stereocenters. The van der Waals surface area contributed by atoms with E-state index in [0.717, 1.165) is 36.3 Å². The Balaban J connectivity index is 1.70. The first-order valence-electron chi connectivity index (χ1n) is 7.41. The number of Topliss-reactive ketones (excluding diaryl/α,β-unsaturated/α-hetero) is 1. The van der Waals surface area contributed by atoms with Gasteiger partial charge in [0.15, 0.2) is 5.78 Å². The predicted octanol–water partition coefficient (Wildman–Crippen LogP) is 2.24. The summed E-state index contributed by atoms with van der Waals surface area (Å²) in [5.74, 6) is 0.247. The number of nitrogens with one attached hydrogen (secondary N) is 1. The summed E-state index contributed by atoms with van der Waals surface area (Å²) in [6.45, 7) is 2.59. The van der Waals surface area contributed by atoms with Crippen molar-refractivity contribution in [2.45, 2.75) is 32.1 Å². The average Bonchev–Trinajstić information content (AvgIpc) is 2.47. The van der Waals surface area contributed by atoms with Gasteiger partial charge in [0.05, 0.1) is 6.54 Å². The summed E-state index contributed by atoms with van der Waals surface area (Å²) >= 11 is 0. The molecule has 1 saturated heterocycles. The predicted molar refractivity (Wildman–Crippen MR) is 78.0 cm³/mol. The maximum absolute atomic E-state index is 12.3. The molecular weight excluding hydrogens is 252 g/mol. The quantitative estimate of drug-likeness (QED) is 0.859. The molecule has 2 aliphatic rings. The number of nitrogens with zero attached hydrogens (tertiary/aromatic N) is 1. The smallest absolute Gasteiger partial charge is 0.224 e. The molecule has 0 bridgehead atoms. The fraction of sp³-hybridized carbons (Fsp3) is 0.500. The number of fused-ring (bicyclic) bond motifs is 1. The summed E-state index contributed by atoms with van der Waals surface area (Å²) in [6.07, 6.45) is 4.92. The lowest BCUT2D eigenvalue weighted by Gasteiger charge is -2.25. The van der Waals surface area contributed by atoms with E-state index in [-0.39, 0.29) is 11.7 Å². The van der Waals surface area contributed by atoms with Crippen LogP contribution >= 0.6 is 0 Å². The Morgan fingerprint density at radius 2 is 1.95 bits per heavy atom. The highest BCUT2D eigenvalue weighted by molar-refractivity contribution is 6.00. The van der Waals surface area contributed by atoms with Crippen LogP contribution < -0.4 is 5.32 Å². The fourth-order valence-electron chi connectivity index (χ4n) is 2.97. The number of amides is 1. The molecule has 1 aromatic carbocycles. The summed E-state index contributed by atoms with van der Waals surface area (Å²) in [5, 5.41) is 2.85. The molecule has 1 fully saturated rings. The Morgan fingerprint density at radius 3 is 2.75 bits per heavy atom. The second kappa shape index (κ2) is 5.75. The van der Waals surface area contributed by atoms with Crippen LogP contribution in [-0.2, 0) is 11.2 Å². The van der Waals surface area contributed by atoms with Crippen molar-refractivity contribution in [3.63, 3.8) is 0 Å². The molecular formula is C16H20N2O2. The molecule has 1 aromatic rings. The van der Waals surface area contributed by atoms with Gasteiger partial charge in [0.2, 0.25) is 5.91 Å². The van der Waals surface area contributed by atoms with Crippen LogP contribution in [-0.4, -0.2) is 36.2 Å². The minimum Gasteiger partial charge on any atom is -0.326 e. The van der Waals surface area contributed by atoms with E-state index >= 15 is 0 Å². The van der Waals surface area contributed by atoms with Crippen molar-refractivity contribution in [2.75, 3.05) is 25.0 Å². The van der Waals surface area contributed by atoms with Gasteiger partial charge in [-0.1, -0.05) is 6.42 Å². The minimum absolute atomic E-state index is 0.0601. The maximum atomic E-state index is 12.3. The number of rotatable bonds is 3. The molecule has 0 spiro atoms. The number of anilines is 1. The largest absolute Gasteiger partial charge is 0.326 e. The first-order valence-corrected chi connectivity index (χ1v) is 7.41. The molecule has 3 rings (SSSR count). The number of benzene rings is 1. The van der Waals surface area contributed by atoms with Gasteiger partial charge in [-0.3, -0.25) is 14.5 Å². The van der Waals surface area contributed by atoms with E-state index in [1.54, 1.807) is 0 Å². The Bertz CT molecular complexity index is 533. The lowest BCUT2D eigenvalue weighted by Crippen LogP contribution is -2.34. The van der Waals surface area contributed by atoms with Crippen molar-refractivity contribution >= 4 is 17.4 Å². The van der Waals surface area contributed by atoms with Gasteiger partial charge < -0.3 is 5.32 Å². The van der Waals surface area contributed by atoms with Gasteiger partial charge in [-0.15, -0.1) is 0 Å². The molecule has 1 N–H and O–H groups in total. The SMILES string of the molecule is O=C1CCc2cc(C(=O)CN3CCCCC3)ccc2N1. The van der Waals surface area contributed by atoms with Crippen molar-refractivity contribution in [1.29, 1.82) is 0 Å². The number of ketones is 1. The van der Waals surface area contributed by atoms with Crippen LogP contribution in [0.1, 0.15) is 41.6 Å². The highest BCUT2D eigenvalue weighted by Gasteiger charge is 2.18. The van der Waals surface area contributed by atoms with E-state index in [1.807, 2.05) is 18.2 Å². The zero-order valence-corrected chi connectivity index (χ0v) is 11.7. The molecule has 20 heavy (non-hydrogen) atoms. The van der Waals surface area contributed by atoms with Gasteiger partial charge in [0.1, 0.15) is 0 Å². The van der Waals surface area contributed by atoms with E-state index < -0.39 is 0 Å². The van der Waals surface area contributed by atoms with Crippen LogP contribution in [0.5, 0.6) is 0 Å². The zero-order valence-electron chi connectivity index (χ0n) is 11.7. The standard InChI is InChI=1S/C16H20N2O2/c19-15(11-18-8-2-1-3-9-18)13-4-6-14-12(10-13)5-7-16(20)17-14/h4,6,10H,1-3,5,7-9,11H2,(H,17,20). The lowest BCUT2D eigenvalue weighted by molar-refractivity contribution is -0.116. The molecule has 0 unspecified atom stereocenters. The molecule has 1 amide bonds. The average molecular weight is 272 g/mol. The van der Waals surface area contributed by atoms with E-state index in [1.165, 1.54) is 19.3 Å². The Labute approximate surface area is 119 Å². The second-order valence-corrected chi connectivity index (χ2v) is 5.68. The molecule has 0 radical (unpaired) electrons. The van der Waals surface area contributed by atoms with Crippen molar-refractivity contribution in [2.24, 2.45) is 0 Å². The summed E-state index contributed by atoms with van der Waals surface area (Å²) in [7, 11) is 0. The highest BCUT2D eigenvalue weighted by Crippen LogP contribution is 2.24. The zero-order chi connectivity index (χ0) is 13.9. The third-order valence-corrected chi connectivity index (χ3v) is 4.14. The normalized spacial score (nSPS) is 19.3. The topological polar surface area (TPSA) is 49.4 Å². The molecule has 4 nitrogen and oxygen atoms in total. The number of piperidine rings is 1. The van der Waals surface area contributed by atoms with Crippen molar-refractivity contribution < 1.29 is 9.59 Å². The van der Waals surface area contributed by atoms with Gasteiger partial charge >= 0.3 is 0 Å². The van der Waals surface area contributed by atoms with Gasteiger partial charge in [-0.05, 0) is 56.1 Å². The fourth-order valence-corrected chi connectivity index (χ4v) is 2.97. The molecule has 0 aliphatic carbocycles. The third-order valence-electron chi connectivity index (χ3n) is 4.14. The van der Waals surface area contributed by atoms with E-state index in [4.69, 9.17) is 0 Å². The summed E-state index contributed by atoms with van der Waals surface area (Å²) in [4.78, 5) is 25.9. The first-order chi connectivity index (χ1) is 9.72. The van der Waals surface area contributed by atoms with Crippen LogP contribution in [0.2, 0.25) is 0 Å². The summed E-state index contributed by atoms with van der Waals surface area (Å²) < 4.78 is 0. The second-order valence-electron chi connectivity index (χ2n) is 5.68. The number of carbonyl (C=O) groups is 2. The number of hydrogen-bond donors (Lipinski definition) is 1. The van der Waals surface area contributed by atoms with Crippen molar-refractivity contribution in [3.05, 3.63) is 29.3 Å². The molecule has 106 valence electrons. The van der Waals surface area contributed by atoms with Gasteiger partial charge in [0.25, 0.3) is 0 Å². The van der Waals surface area contributed by atoms with E-state index in [9.17, 15) is 9.59 Å². The van der Waals surface area contributed by atoms with Gasteiger partial charge in [-0.25, -0.2) is 0 Å². The molecule has 2 aliphatic heterocycles. The molecule has 0 saturated carbocycles. The monoisotopic (exact) mass is 272 g/mol. The molecule has 2 heterocycles. The van der Waals surface area contributed by atoms with Crippen molar-refractivity contribution in [1.82, 2.24) is 4.90 Å². The highest BCUT2D eigenvalue weighted by atomic mass is 16.1. The number of carbonyl (C=O) groups excluding carboxylic acids is 2. The number of hydrogen-bond acceptors (Lipinski definition) is 3. The van der Waals surface area contributed by atoms with Crippen LogP contribution in [0, 0.1) is 0 Å². The Kier molecular flexibility index (Phi) is 3.83.